The molecule has 0 rings (SSSR count). The predicted molar refractivity (Wildman–Crippen MR) is 39.4 cm³/mol. The van der Waals surface area contributed by atoms with Gasteiger partial charge < -0.3 is 0 Å². The average Bonchev–Trinajstić information content (AvgIpc) is 1.83. The molecular weight excluding hydrogens is 120 g/mol. The van der Waals surface area contributed by atoms with Gasteiger partial charge in [-0.15, -0.1) is 0 Å². The molecule has 0 aromatic rings. The van der Waals surface area contributed by atoms with Gasteiger partial charge in [0.25, 0.3) is 0 Å². The fraction of sp³-hybridized carbons (Fsp3) is 0.833. The summed E-state index contributed by atoms with van der Waals surface area (Å²) in [5.74, 6) is 3.09. The summed E-state index contributed by atoms with van der Waals surface area (Å²) in [5.41, 5.74) is 0. The molecule has 0 bridgehead atoms. The number of carbonyl (C=O) groups excluding carboxylic acids is 1. The van der Waals surface area contributed by atoms with Crippen molar-refractivity contribution in [3.05, 3.63) is 0 Å². The number of hydrogen-bond donors (Lipinski definition) is 0. The van der Waals surface area contributed by atoms with Crippen LogP contribution >= 0.6 is 0 Å². The van der Waals surface area contributed by atoms with E-state index in [1.807, 2.05) is 0 Å². The summed E-state index contributed by atoms with van der Waals surface area (Å²) in [4.78, 5) is 9.94. The third kappa shape index (κ3) is 3.08. The summed E-state index contributed by atoms with van der Waals surface area (Å²) in [5, 5.41) is 0. The van der Waals surface area contributed by atoms with Crippen LogP contribution in [0.5, 0.6) is 0 Å². The molecule has 0 aliphatic heterocycles. The SMILES string of the molecule is CC[S+](CC)CC=O. The van der Waals surface area contributed by atoms with E-state index < -0.39 is 0 Å². The van der Waals surface area contributed by atoms with Crippen LogP contribution in [-0.4, -0.2) is 23.5 Å². The molecule has 0 aliphatic rings. The molecule has 1 nitrogen and oxygen atoms in total. The third-order valence-electron chi connectivity index (χ3n) is 1.12. The van der Waals surface area contributed by atoms with Crippen LogP contribution in [0, 0.1) is 0 Å². The Bertz CT molecular complexity index is 59.5. The lowest BCUT2D eigenvalue weighted by Gasteiger charge is -1.95. The molecule has 0 N–H and O–H groups in total. The van der Waals surface area contributed by atoms with Gasteiger partial charge in [0.05, 0.1) is 0 Å². The molecule has 0 radical (unpaired) electrons. The second kappa shape index (κ2) is 5.16. The largest absolute Gasteiger partial charge is 0.298 e. The Hall–Kier alpha value is 0.0200. The minimum Gasteiger partial charge on any atom is -0.298 e. The normalized spacial score (nSPS) is 9.88. The van der Waals surface area contributed by atoms with E-state index in [9.17, 15) is 4.79 Å². The number of aldehydes is 1. The maximum Gasteiger partial charge on any atom is 0.169 e. The molecule has 0 fully saturated rings. The summed E-state index contributed by atoms with van der Waals surface area (Å²) in [6, 6.07) is 0. The Labute approximate surface area is 53.8 Å². The summed E-state index contributed by atoms with van der Waals surface area (Å²) in [6.07, 6.45) is 1.02. The Balaban J connectivity index is 3.20. The molecule has 48 valence electrons. The second-order valence-corrected chi connectivity index (χ2v) is 4.24. The van der Waals surface area contributed by atoms with Crippen molar-refractivity contribution in [2.45, 2.75) is 13.8 Å². The second-order valence-electron chi connectivity index (χ2n) is 1.52. The number of hydrogen-bond acceptors (Lipinski definition) is 1. The molecule has 0 amide bonds. The van der Waals surface area contributed by atoms with Gasteiger partial charge in [0.15, 0.2) is 12.0 Å². The Kier molecular flexibility index (Phi) is 5.18. The van der Waals surface area contributed by atoms with E-state index in [-0.39, 0.29) is 0 Å². The van der Waals surface area contributed by atoms with Crippen molar-refractivity contribution >= 4 is 17.2 Å². The van der Waals surface area contributed by atoms with Crippen LogP contribution < -0.4 is 0 Å². The number of rotatable bonds is 4. The van der Waals surface area contributed by atoms with E-state index in [4.69, 9.17) is 0 Å². The van der Waals surface area contributed by atoms with Gasteiger partial charge in [0.1, 0.15) is 11.5 Å². The van der Waals surface area contributed by atoms with Gasteiger partial charge in [0, 0.05) is 0 Å². The van der Waals surface area contributed by atoms with Crippen molar-refractivity contribution in [3.8, 4) is 0 Å². The lowest BCUT2D eigenvalue weighted by Crippen LogP contribution is -2.12. The van der Waals surface area contributed by atoms with Crippen LogP contribution in [0.4, 0.5) is 0 Å². The van der Waals surface area contributed by atoms with Crippen LogP contribution in [0.1, 0.15) is 13.8 Å². The van der Waals surface area contributed by atoms with Gasteiger partial charge in [-0.1, -0.05) is 0 Å². The van der Waals surface area contributed by atoms with Crippen LogP contribution in [0.2, 0.25) is 0 Å². The highest BCUT2D eigenvalue weighted by Crippen LogP contribution is 1.92. The van der Waals surface area contributed by atoms with Crippen molar-refractivity contribution in [1.29, 1.82) is 0 Å². The van der Waals surface area contributed by atoms with E-state index in [0.717, 1.165) is 23.5 Å². The maximum atomic E-state index is 9.94. The van der Waals surface area contributed by atoms with Gasteiger partial charge in [-0.2, -0.15) is 0 Å². The molecule has 0 saturated carbocycles. The highest BCUT2D eigenvalue weighted by molar-refractivity contribution is 7.97. The van der Waals surface area contributed by atoms with Crippen LogP contribution in [0.15, 0.2) is 0 Å². The lowest BCUT2D eigenvalue weighted by atomic mass is 10.9. The maximum absolute atomic E-state index is 9.94. The molecule has 0 saturated heterocycles. The average molecular weight is 133 g/mol. The summed E-state index contributed by atoms with van der Waals surface area (Å²) < 4.78 is 0. The van der Waals surface area contributed by atoms with E-state index in [2.05, 4.69) is 13.8 Å². The van der Waals surface area contributed by atoms with Crippen molar-refractivity contribution in [2.24, 2.45) is 0 Å². The van der Waals surface area contributed by atoms with Crippen LogP contribution in [-0.2, 0) is 15.7 Å². The van der Waals surface area contributed by atoms with Crippen molar-refractivity contribution in [1.82, 2.24) is 0 Å². The Morgan fingerprint density at radius 3 is 2.00 bits per heavy atom. The topological polar surface area (TPSA) is 17.1 Å². The molecule has 0 unspecified atom stereocenters. The van der Waals surface area contributed by atoms with Gasteiger partial charge in [-0.3, -0.25) is 4.79 Å². The molecule has 0 aromatic carbocycles. The van der Waals surface area contributed by atoms with E-state index in [1.165, 1.54) is 0 Å². The Morgan fingerprint density at radius 1 is 1.38 bits per heavy atom. The zero-order valence-electron chi connectivity index (χ0n) is 5.52. The van der Waals surface area contributed by atoms with Crippen molar-refractivity contribution < 1.29 is 4.79 Å². The van der Waals surface area contributed by atoms with E-state index in [1.54, 1.807) is 0 Å². The first-order valence-corrected chi connectivity index (χ1v) is 4.66. The first kappa shape index (κ1) is 8.02. The zero-order valence-corrected chi connectivity index (χ0v) is 6.33. The smallest absolute Gasteiger partial charge is 0.169 e. The molecular formula is C6H13OS+. The minimum absolute atomic E-state index is 0.394. The van der Waals surface area contributed by atoms with Crippen molar-refractivity contribution in [3.63, 3.8) is 0 Å². The lowest BCUT2D eigenvalue weighted by molar-refractivity contribution is -0.105. The minimum atomic E-state index is 0.394. The fourth-order valence-electron chi connectivity index (χ4n) is 0.536. The predicted octanol–water partition coefficient (Wildman–Crippen LogP) is 0.843. The fourth-order valence-corrected chi connectivity index (χ4v) is 1.61. The standard InChI is InChI=1S/C6H13OS/c1-3-8(4-2)6-5-7/h5H,3-4,6H2,1-2H3/q+1. The molecule has 0 spiro atoms. The van der Waals surface area contributed by atoms with E-state index >= 15 is 0 Å². The first-order chi connectivity index (χ1) is 3.85. The number of carbonyl (C=O) groups is 1. The van der Waals surface area contributed by atoms with Gasteiger partial charge >= 0.3 is 0 Å². The summed E-state index contributed by atoms with van der Waals surface area (Å²) in [6.45, 7) is 4.27. The third-order valence-corrected chi connectivity index (χ3v) is 3.36. The quantitative estimate of drug-likeness (QED) is 0.410. The van der Waals surface area contributed by atoms with Crippen molar-refractivity contribution in [2.75, 3.05) is 17.3 Å². The van der Waals surface area contributed by atoms with Gasteiger partial charge in [0.2, 0.25) is 0 Å². The summed E-state index contributed by atoms with van der Waals surface area (Å²) in [7, 11) is 0.394. The first-order valence-electron chi connectivity index (χ1n) is 2.92. The monoisotopic (exact) mass is 133 g/mol. The highest BCUT2D eigenvalue weighted by Gasteiger charge is 2.08. The molecule has 0 atom stereocenters. The molecule has 2 heteroatoms. The highest BCUT2D eigenvalue weighted by atomic mass is 32.2. The van der Waals surface area contributed by atoms with Crippen LogP contribution in [0.25, 0.3) is 0 Å². The molecule has 0 heterocycles. The van der Waals surface area contributed by atoms with E-state index in [0.29, 0.717) is 10.9 Å². The van der Waals surface area contributed by atoms with Gasteiger partial charge in [-0.25, -0.2) is 0 Å². The zero-order chi connectivity index (χ0) is 6.41. The Morgan fingerprint density at radius 2 is 1.88 bits per heavy atom. The van der Waals surface area contributed by atoms with Gasteiger partial charge in [-0.05, 0) is 24.7 Å². The molecule has 0 aliphatic carbocycles. The van der Waals surface area contributed by atoms with Crippen LogP contribution in [0.3, 0.4) is 0 Å². The molecule has 8 heavy (non-hydrogen) atoms. The molecule has 0 aromatic heterocycles. The summed E-state index contributed by atoms with van der Waals surface area (Å²) >= 11 is 0.